The van der Waals surface area contributed by atoms with Gasteiger partial charge in [-0.3, -0.25) is 0 Å². The molecule has 0 aliphatic heterocycles. The highest BCUT2D eigenvalue weighted by Gasteiger charge is 2.31. The molecule has 0 saturated carbocycles. The maximum Gasteiger partial charge on any atom is 0.0804 e. The molecular weight excluding hydrogens is 186 g/mol. The summed E-state index contributed by atoms with van der Waals surface area (Å²) in [6.07, 6.45) is 3.19. The predicted molar refractivity (Wildman–Crippen MR) is 67.2 cm³/mol. The molecule has 2 atom stereocenters. The zero-order chi connectivity index (χ0) is 11.9. The van der Waals surface area contributed by atoms with Crippen molar-refractivity contribution < 1.29 is 4.74 Å². The third-order valence-electron chi connectivity index (χ3n) is 3.12. The van der Waals surface area contributed by atoms with Gasteiger partial charge >= 0.3 is 0 Å². The Bertz CT molecular complexity index is 191. The highest BCUT2D eigenvalue weighted by atomic mass is 16.5. The lowest BCUT2D eigenvalue weighted by molar-refractivity contribution is -0.0552. The smallest absolute Gasteiger partial charge is 0.0804 e. The highest BCUT2D eigenvalue weighted by Crippen LogP contribution is 2.24. The zero-order valence-corrected chi connectivity index (χ0v) is 11.0. The molecule has 0 aliphatic carbocycles. The number of hydrogen-bond acceptors (Lipinski definition) is 2. The molecule has 2 nitrogen and oxygen atoms in total. The van der Waals surface area contributed by atoms with E-state index in [1.807, 2.05) is 7.05 Å². The van der Waals surface area contributed by atoms with Crippen LogP contribution >= 0.6 is 0 Å². The minimum Gasteiger partial charge on any atom is -0.374 e. The van der Waals surface area contributed by atoms with Crippen LogP contribution < -0.4 is 5.32 Å². The second-order valence-electron chi connectivity index (χ2n) is 4.44. The van der Waals surface area contributed by atoms with E-state index < -0.39 is 0 Å². The van der Waals surface area contributed by atoms with Crippen LogP contribution in [-0.4, -0.2) is 25.3 Å². The lowest BCUT2D eigenvalue weighted by Crippen LogP contribution is -2.49. The number of nitrogens with one attached hydrogen (secondary N) is 1. The molecule has 0 amide bonds. The molecule has 0 aromatic rings. The van der Waals surface area contributed by atoms with Crippen molar-refractivity contribution >= 4 is 0 Å². The summed E-state index contributed by atoms with van der Waals surface area (Å²) in [4.78, 5) is 0. The second kappa shape index (κ2) is 7.02. The van der Waals surface area contributed by atoms with Crippen LogP contribution in [0.2, 0.25) is 0 Å². The summed E-state index contributed by atoms with van der Waals surface area (Å²) < 4.78 is 5.87. The van der Waals surface area contributed by atoms with Gasteiger partial charge in [0.2, 0.25) is 0 Å². The van der Waals surface area contributed by atoms with Crippen molar-refractivity contribution in [1.82, 2.24) is 5.32 Å². The molecule has 15 heavy (non-hydrogen) atoms. The van der Waals surface area contributed by atoms with Gasteiger partial charge in [-0.1, -0.05) is 12.5 Å². The molecule has 2 unspecified atom stereocenters. The van der Waals surface area contributed by atoms with Gasteiger partial charge in [0.05, 0.1) is 5.60 Å². The summed E-state index contributed by atoms with van der Waals surface area (Å²) in [6.45, 7) is 13.2. The fourth-order valence-electron chi connectivity index (χ4n) is 1.92. The van der Waals surface area contributed by atoms with Crippen LogP contribution in [0, 0.1) is 0 Å². The minimum atomic E-state index is -0.0566. The van der Waals surface area contributed by atoms with Crippen molar-refractivity contribution in [1.29, 1.82) is 0 Å². The van der Waals surface area contributed by atoms with Crippen molar-refractivity contribution in [2.75, 3.05) is 13.7 Å². The van der Waals surface area contributed by atoms with E-state index in [4.69, 9.17) is 4.74 Å². The van der Waals surface area contributed by atoms with Crippen molar-refractivity contribution in [3.05, 3.63) is 12.2 Å². The van der Waals surface area contributed by atoms with E-state index in [0.717, 1.165) is 25.9 Å². The van der Waals surface area contributed by atoms with Gasteiger partial charge in [0, 0.05) is 12.6 Å². The molecular formula is C13H27NO. The van der Waals surface area contributed by atoms with Crippen LogP contribution in [0.15, 0.2) is 12.2 Å². The topological polar surface area (TPSA) is 21.3 Å². The summed E-state index contributed by atoms with van der Waals surface area (Å²) in [5.74, 6) is 0. The van der Waals surface area contributed by atoms with E-state index >= 15 is 0 Å². The number of ether oxygens (including phenoxy) is 1. The largest absolute Gasteiger partial charge is 0.374 e. The third-order valence-corrected chi connectivity index (χ3v) is 3.12. The molecule has 0 heterocycles. The van der Waals surface area contributed by atoms with Crippen LogP contribution in [0.25, 0.3) is 0 Å². The summed E-state index contributed by atoms with van der Waals surface area (Å²) in [5.41, 5.74) is 1.18. The van der Waals surface area contributed by atoms with Gasteiger partial charge in [-0.15, -0.1) is 6.58 Å². The molecule has 2 heteroatoms. The van der Waals surface area contributed by atoms with Gasteiger partial charge in [0.25, 0.3) is 0 Å². The van der Waals surface area contributed by atoms with Gasteiger partial charge in [0.15, 0.2) is 0 Å². The van der Waals surface area contributed by atoms with Gasteiger partial charge in [-0.05, 0) is 47.1 Å². The molecule has 0 spiro atoms. The molecule has 0 aromatic carbocycles. The fourth-order valence-corrected chi connectivity index (χ4v) is 1.92. The first-order valence-electron chi connectivity index (χ1n) is 5.95. The van der Waals surface area contributed by atoms with Crippen LogP contribution in [0.1, 0.15) is 47.0 Å². The fraction of sp³-hybridized carbons (Fsp3) is 0.846. The van der Waals surface area contributed by atoms with Gasteiger partial charge in [-0.2, -0.15) is 0 Å². The van der Waals surface area contributed by atoms with Crippen LogP contribution in [0.5, 0.6) is 0 Å². The summed E-state index contributed by atoms with van der Waals surface area (Å²) >= 11 is 0. The Morgan fingerprint density at radius 1 is 1.47 bits per heavy atom. The first-order valence-corrected chi connectivity index (χ1v) is 5.95. The van der Waals surface area contributed by atoms with E-state index in [0.29, 0.717) is 6.04 Å². The Kier molecular flexibility index (Phi) is 6.86. The number of likely N-dealkylation sites (N-methyl/N-ethyl adjacent to an activating group) is 1. The van der Waals surface area contributed by atoms with Crippen molar-refractivity contribution in [2.45, 2.75) is 58.6 Å². The molecule has 0 aromatic heterocycles. The lowest BCUT2D eigenvalue weighted by atomic mass is 9.89. The van der Waals surface area contributed by atoms with Crippen LogP contribution in [0.3, 0.4) is 0 Å². The molecule has 0 fully saturated rings. The molecule has 0 radical (unpaired) electrons. The molecule has 0 aliphatic rings. The molecule has 0 bridgehead atoms. The van der Waals surface area contributed by atoms with E-state index in [1.165, 1.54) is 5.57 Å². The summed E-state index contributed by atoms with van der Waals surface area (Å²) in [5, 5.41) is 3.37. The monoisotopic (exact) mass is 213 g/mol. The van der Waals surface area contributed by atoms with Crippen molar-refractivity contribution in [3.63, 3.8) is 0 Å². The van der Waals surface area contributed by atoms with E-state index in [-0.39, 0.29) is 5.60 Å². The van der Waals surface area contributed by atoms with E-state index in [2.05, 4.69) is 39.6 Å². The Morgan fingerprint density at radius 3 is 2.40 bits per heavy atom. The Labute approximate surface area is 95.1 Å². The summed E-state index contributed by atoms with van der Waals surface area (Å²) in [7, 11) is 2.01. The molecule has 0 saturated heterocycles. The van der Waals surface area contributed by atoms with Gasteiger partial charge < -0.3 is 10.1 Å². The lowest BCUT2D eigenvalue weighted by Gasteiger charge is -2.37. The first-order chi connectivity index (χ1) is 7.00. The average molecular weight is 213 g/mol. The molecule has 0 rings (SSSR count). The van der Waals surface area contributed by atoms with Crippen LogP contribution in [0.4, 0.5) is 0 Å². The third kappa shape index (κ3) is 4.80. The molecule has 1 N–H and O–H groups in total. The number of hydrogen-bond donors (Lipinski definition) is 1. The highest BCUT2D eigenvalue weighted by molar-refractivity contribution is 4.94. The standard InChI is InChI=1S/C13H27NO/c1-7-13(5,15-8-2)12(14-6)10-9-11(3)4/h12,14H,3,7-10H2,1-2,4-6H3. The predicted octanol–water partition coefficient (Wildman–Crippen LogP) is 3.14. The van der Waals surface area contributed by atoms with E-state index in [9.17, 15) is 0 Å². The minimum absolute atomic E-state index is 0.0566. The van der Waals surface area contributed by atoms with Crippen molar-refractivity contribution in [2.24, 2.45) is 0 Å². The normalized spacial score (nSPS) is 17.1. The maximum absolute atomic E-state index is 5.87. The number of rotatable bonds is 8. The zero-order valence-electron chi connectivity index (χ0n) is 11.0. The Balaban J connectivity index is 4.38. The molecule has 90 valence electrons. The maximum atomic E-state index is 5.87. The quantitative estimate of drug-likeness (QED) is 0.625. The Morgan fingerprint density at radius 2 is 2.07 bits per heavy atom. The van der Waals surface area contributed by atoms with E-state index in [1.54, 1.807) is 0 Å². The summed E-state index contributed by atoms with van der Waals surface area (Å²) in [6, 6.07) is 0.402. The SMILES string of the molecule is C=C(C)CCC(NC)C(C)(CC)OCC. The second-order valence-corrected chi connectivity index (χ2v) is 4.44. The van der Waals surface area contributed by atoms with Gasteiger partial charge in [0.1, 0.15) is 0 Å². The van der Waals surface area contributed by atoms with Crippen molar-refractivity contribution in [3.8, 4) is 0 Å². The first kappa shape index (κ1) is 14.7. The van der Waals surface area contributed by atoms with Gasteiger partial charge in [-0.25, -0.2) is 0 Å². The average Bonchev–Trinajstić information content (AvgIpc) is 2.18. The number of allylic oxidation sites excluding steroid dienone is 1. The van der Waals surface area contributed by atoms with Crippen LogP contribution in [-0.2, 0) is 4.74 Å². The Hall–Kier alpha value is -0.340.